The van der Waals surface area contributed by atoms with Gasteiger partial charge in [-0.3, -0.25) is 0 Å². The molecule has 0 aliphatic heterocycles. The minimum Gasteiger partial charge on any atom is -0.464 e. The van der Waals surface area contributed by atoms with Crippen molar-refractivity contribution in [1.82, 2.24) is 4.98 Å². The third kappa shape index (κ3) is 1.52. The van der Waals surface area contributed by atoms with Crippen molar-refractivity contribution in [2.24, 2.45) is 0 Å². The summed E-state index contributed by atoms with van der Waals surface area (Å²) < 4.78 is 18.4. The Bertz CT molecular complexity index is 535. The maximum absolute atomic E-state index is 13.3. The van der Waals surface area contributed by atoms with Crippen molar-refractivity contribution in [3.63, 3.8) is 0 Å². The van der Waals surface area contributed by atoms with Gasteiger partial charge in [-0.05, 0) is 22.0 Å². The van der Waals surface area contributed by atoms with E-state index < -0.39 is 11.8 Å². The van der Waals surface area contributed by atoms with E-state index in [9.17, 15) is 9.18 Å². The number of aromatic amines is 1. The summed E-state index contributed by atoms with van der Waals surface area (Å²) in [7, 11) is 1.27. The monoisotopic (exact) mass is 271 g/mol. The number of methoxy groups -OCH3 is 1. The number of hydrogen-bond donors (Lipinski definition) is 1. The summed E-state index contributed by atoms with van der Waals surface area (Å²) in [4.78, 5) is 14.0. The molecule has 3 nitrogen and oxygen atoms in total. The van der Waals surface area contributed by atoms with Crippen molar-refractivity contribution < 1.29 is 13.9 Å². The van der Waals surface area contributed by atoms with Crippen LogP contribution in [0.3, 0.4) is 0 Å². The smallest absolute Gasteiger partial charge is 0.355 e. The minimum absolute atomic E-state index is 0.220. The SMILES string of the molecule is COC(=O)c1[nH]c2c(F)cccc2c1Br. The summed E-state index contributed by atoms with van der Waals surface area (Å²) in [5.41, 5.74) is 0.516. The lowest BCUT2D eigenvalue weighted by atomic mass is 10.2. The predicted octanol–water partition coefficient (Wildman–Crippen LogP) is 2.86. The van der Waals surface area contributed by atoms with Gasteiger partial charge in [0.05, 0.1) is 17.1 Å². The molecule has 2 rings (SSSR count). The second kappa shape index (κ2) is 3.66. The largest absolute Gasteiger partial charge is 0.464 e. The molecule has 0 atom stereocenters. The molecule has 0 unspecified atom stereocenters. The van der Waals surface area contributed by atoms with Crippen molar-refractivity contribution in [2.75, 3.05) is 7.11 Å². The Balaban J connectivity index is 2.75. The van der Waals surface area contributed by atoms with E-state index in [4.69, 9.17) is 0 Å². The Kier molecular flexibility index (Phi) is 2.48. The van der Waals surface area contributed by atoms with Crippen molar-refractivity contribution in [3.8, 4) is 0 Å². The van der Waals surface area contributed by atoms with Gasteiger partial charge in [-0.15, -0.1) is 0 Å². The number of fused-ring (bicyclic) bond motifs is 1. The highest BCUT2D eigenvalue weighted by atomic mass is 79.9. The van der Waals surface area contributed by atoms with E-state index in [1.807, 2.05) is 0 Å². The number of ether oxygens (including phenoxy) is 1. The third-order valence-corrected chi connectivity index (χ3v) is 2.93. The number of hydrogen-bond acceptors (Lipinski definition) is 2. The average molecular weight is 272 g/mol. The second-order valence-electron chi connectivity index (χ2n) is 2.97. The van der Waals surface area contributed by atoms with Crippen LogP contribution in [-0.2, 0) is 4.74 Å². The van der Waals surface area contributed by atoms with Gasteiger partial charge in [-0.2, -0.15) is 0 Å². The molecule has 0 bridgehead atoms. The second-order valence-corrected chi connectivity index (χ2v) is 3.76. The Morgan fingerprint density at radius 1 is 1.53 bits per heavy atom. The zero-order valence-electron chi connectivity index (χ0n) is 7.80. The molecule has 78 valence electrons. The lowest BCUT2D eigenvalue weighted by Gasteiger charge is -1.94. The molecule has 1 N–H and O–H groups in total. The van der Waals surface area contributed by atoms with Gasteiger partial charge in [0.2, 0.25) is 0 Å². The Morgan fingerprint density at radius 2 is 2.27 bits per heavy atom. The van der Waals surface area contributed by atoms with E-state index in [1.165, 1.54) is 13.2 Å². The Hall–Kier alpha value is -1.36. The first-order chi connectivity index (χ1) is 7.15. The molecule has 15 heavy (non-hydrogen) atoms. The molecule has 0 radical (unpaired) electrons. The van der Waals surface area contributed by atoms with Crippen LogP contribution in [0.25, 0.3) is 10.9 Å². The number of para-hydroxylation sites is 1. The minimum atomic E-state index is -0.530. The molecule has 0 spiro atoms. The molecule has 1 aromatic carbocycles. The lowest BCUT2D eigenvalue weighted by Crippen LogP contribution is -2.01. The highest BCUT2D eigenvalue weighted by molar-refractivity contribution is 9.10. The van der Waals surface area contributed by atoms with E-state index in [1.54, 1.807) is 12.1 Å². The number of esters is 1. The number of rotatable bonds is 1. The Morgan fingerprint density at radius 3 is 2.87 bits per heavy atom. The zero-order chi connectivity index (χ0) is 11.0. The van der Waals surface area contributed by atoms with Crippen LogP contribution in [0.1, 0.15) is 10.5 Å². The first kappa shape index (κ1) is 10.2. The van der Waals surface area contributed by atoms with Gasteiger partial charge in [0, 0.05) is 5.39 Å². The van der Waals surface area contributed by atoms with Crippen LogP contribution in [-0.4, -0.2) is 18.1 Å². The van der Waals surface area contributed by atoms with Crippen LogP contribution in [0, 0.1) is 5.82 Å². The standard InChI is InChI=1S/C10H7BrFNO2/c1-15-10(14)9-7(11)5-3-2-4-6(12)8(5)13-9/h2-4,13H,1H3. The summed E-state index contributed by atoms with van der Waals surface area (Å²) in [6, 6.07) is 4.62. The molecule has 0 fully saturated rings. The molecular weight excluding hydrogens is 265 g/mol. The fourth-order valence-electron chi connectivity index (χ4n) is 1.39. The molecule has 0 amide bonds. The fourth-order valence-corrected chi connectivity index (χ4v) is 1.98. The molecule has 1 aromatic heterocycles. The number of aromatic nitrogens is 1. The molecule has 0 aliphatic carbocycles. The van der Waals surface area contributed by atoms with Crippen molar-refractivity contribution >= 4 is 32.8 Å². The predicted molar refractivity (Wildman–Crippen MR) is 57.3 cm³/mol. The number of carbonyl (C=O) groups is 1. The topological polar surface area (TPSA) is 42.1 Å². The van der Waals surface area contributed by atoms with Crippen molar-refractivity contribution in [3.05, 3.63) is 34.2 Å². The Labute approximate surface area is 93.4 Å². The number of nitrogens with one attached hydrogen (secondary N) is 1. The van der Waals surface area contributed by atoms with Crippen LogP contribution in [0.5, 0.6) is 0 Å². The van der Waals surface area contributed by atoms with Gasteiger partial charge in [0.1, 0.15) is 11.5 Å². The maximum Gasteiger partial charge on any atom is 0.355 e. The van der Waals surface area contributed by atoms with Crippen LogP contribution >= 0.6 is 15.9 Å². The highest BCUT2D eigenvalue weighted by Gasteiger charge is 2.17. The van der Waals surface area contributed by atoms with Gasteiger partial charge >= 0.3 is 5.97 Å². The van der Waals surface area contributed by atoms with Crippen LogP contribution in [0.4, 0.5) is 4.39 Å². The summed E-state index contributed by atoms with van der Waals surface area (Å²) in [6.07, 6.45) is 0. The maximum atomic E-state index is 13.3. The van der Waals surface area contributed by atoms with E-state index in [-0.39, 0.29) is 5.69 Å². The molecular formula is C10H7BrFNO2. The molecule has 0 saturated heterocycles. The van der Waals surface area contributed by atoms with E-state index >= 15 is 0 Å². The van der Waals surface area contributed by atoms with Crippen LogP contribution in [0.2, 0.25) is 0 Å². The molecule has 0 saturated carbocycles. The van der Waals surface area contributed by atoms with E-state index in [0.29, 0.717) is 15.4 Å². The first-order valence-electron chi connectivity index (χ1n) is 4.19. The highest BCUT2D eigenvalue weighted by Crippen LogP contribution is 2.29. The first-order valence-corrected chi connectivity index (χ1v) is 4.98. The quantitative estimate of drug-likeness (QED) is 0.811. The van der Waals surface area contributed by atoms with E-state index in [0.717, 1.165) is 0 Å². The molecule has 2 aromatic rings. The number of carbonyl (C=O) groups excluding carboxylic acids is 1. The van der Waals surface area contributed by atoms with Gasteiger partial charge in [-0.25, -0.2) is 9.18 Å². The molecule has 5 heteroatoms. The number of H-pyrrole nitrogens is 1. The van der Waals surface area contributed by atoms with Crippen LogP contribution in [0.15, 0.2) is 22.7 Å². The number of halogens is 2. The van der Waals surface area contributed by atoms with Gasteiger partial charge in [0.25, 0.3) is 0 Å². The fraction of sp³-hybridized carbons (Fsp3) is 0.100. The third-order valence-electron chi connectivity index (χ3n) is 2.11. The van der Waals surface area contributed by atoms with Gasteiger partial charge in [-0.1, -0.05) is 12.1 Å². The lowest BCUT2D eigenvalue weighted by molar-refractivity contribution is 0.0594. The zero-order valence-corrected chi connectivity index (χ0v) is 9.39. The van der Waals surface area contributed by atoms with E-state index in [2.05, 4.69) is 25.7 Å². The molecule has 1 heterocycles. The summed E-state index contributed by atoms with van der Waals surface area (Å²) in [6.45, 7) is 0. The number of benzene rings is 1. The summed E-state index contributed by atoms with van der Waals surface area (Å²) in [5, 5.41) is 0.621. The summed E-state index contributed by atoms with van der Waals surface area (Å²) >= 11 is 3.23. The summed E-state index contributed by atoms with van der Waals surface area (Å²) in [5.74, 6) is -0.930. The molecule has 0 aliphatic rings. The van der Waals surface area contributed by atoms with Gasteiger partial charge in [0.15, 0.2) is 0 Å². The normalized spacial score (nSPS) is 10.6. The van der Waals surface area contributed by atoms with Crippen molar-refractivity contribution in [1.29, 1.82) is 0 Å². The average Bonchev–Trinajstić information content (AvgIpc) is 2.57. The van der Waals surface area contributed by atoms with Crippen molar-refractivity contribution in [2.45, 2.75) is 0 Å². The van der Waals surface area contributed by atoms with Gasteiger partial charge < -0.3 is 9.72 Å². The van der Waals surface area contributed by atoms with Crippen LogP contribution < -0.4 is 0 Å².